The number of benzene rings is 1. The number of aliphatic hydroxyl groups is 2. The van der Waals surface area contributed by atoms with Gasteiger partial charge in [0.15, 0.2) is 17.3 Å². The van der Waals surface area contributed by atoms with Gasteiger partial charge in [-0.2, -0.15) is 0 Å². The number of halogens is 3. The minimum absolute atomic E-state index is 0.0518. The van der Waals surface area contributed by atoms with E-state index in [4.69, 9.17) is 0 Å². The maximum Gasteiger partial charge on any atom is 0.257 e. The molecule has 0 unspecified atom stereocenters. The quantitative estimate of drug-likeness (QED) is 0.477. The van der Waals surface area contributed by atoms with Crippen molar-refractivity contribution in [3.8, 4) is 5.69 Å². The third kappa shape index (κ3) is 4.80. The molecule has 1 saturated heterocycles. The Balaban J connectivity index is 1.94. The van der Waals surface area contributed by atoms with Crippen molar-refractivity contribution in [1.29, 1.82) is 0 Å². The van der Waals surface area contributed by atoms with Crippen LogP contribution in [0.25, 0.3) is 16.7 Å². The number of nitrogens with zero attached hydrogens (tertiary/aromatic N) is 3. The lowest BCUT2D eigenvalue weighted by atomic mass is 9.98. The molecule has 2 aromatic heterocycles. The Kier molecular flexibility index (Phi) is 6.80. The number of rotatable bonds is 6. The standard InChI is InChI=1S/C25H27F3N4O4/c1-4-7-25(2,3)30-24(36)15-10-32(21-16(27)8-13(26)9-17(21)28)23-14(22(15)35)5-6-20(29-23)31-11-18(33)19(34)12-31/h5-6,8-10,18-19,33-34H,4,7,11-12H2,1-3H3,(H,30,36)/t18-,19-/m1/s1. The molecule has 0 bridgehead atoms. The van der Waals surface area contributed by atoms with Gasteiger partial charge in [-0.1, -0.05) is 13.3 Å². The predicted octanol–water partition coefficient (Wildman–Crippen LogP) is 2.65. The summed E-state index contributed by atoms with van der Waals surface area (Å²) in [5.74, 6) is -4.14. The number of aromatic nitrogens is 2. The van der Waals surface area contributed by atoms with Gasteiger partial charge in [0.25, 0.3) is 5.91 Å². The van der Waals surface area contributed by atoms with Crippen LogP contribution in [0, 0.1) is 17.5 Å². The highest BCUT2D eigenvalue weighted by Crippen LogP contribution is 2.26. The lowest BCUT2D eigenvalue weighted by molar-refractivity contribution is 0.0572. The maximum atomic E-state index is 14.8. The van der Waals surface area contributed by atoms with Gasteiger partial charge in [0.1, 0.15) is 22.9 Å². The largest absolute Gasteiger partial charge is 0.389 e. The van der Waals surface area contributed by atoms with Crippen LogP contribution in [0.4, 0.5) is 19.0 Å². The summed E-state index contributed by atoms with van der Waals surface area (Å²) in [5, 5.41) is 22.5. The average Bonchev–Trinajstić information content (AvgIpc) is 3.12. The number of hydrogen-bond donors (Lipinski definition) is 3. The molecule has 4 rings (SSSR count). The van der Waals surface area contributed by atoms with Crippen molar-refractivity contribution < 1.29 is 28.2 Å². The molecule has 0 radical (unpaired) electrons. The highest BCUT2D eigenvalue weighted by molar-refractivity contribution is 5.97. The molecule has 3 heterocycles. The summed E-state index contributed by atoms with van der Waals surface area (Å²) in [6.07, 6.45) is 0.350. The van der Waals surface area contributed by atoms with E-state index in [0.29, 0.717) is 18.6 Å². The molecule has 11 heteroatoms. The molecule has 2 atom stereocenters. The van der Waals surface area contributed by atoms with Gasteiger partial charge in [-0.15, -0.1) is 0 Å². The topological polar surface area (TPSA) is 108 Å². The number of fused-ring (bicyclic) bond motifs is 1. The number of β-amino-alcohol motifs (C(OH)–C–C–N with tert-alkyl or cyclic N) is 2. The Morgan fingerprint density at radius 2 is 1.75 bits per heavy atom. The smallest absolute Gasteiger partial charge is 0.257 e. The molecule has 1 aliphatic heterocycles. The highest BCUT2D eigenvalue weighted by Gasteiger charge is 2.31. The number of hydrogen-bond acceptors (Lipinski definition) is 6. The van der Waals surface area contributed by atoms with Crippen LogP contribution in [0.3, 0.4) is 0 Å². The number of pyridine rings is 2. The second-order valence-electron chi connectivity index (χ2n) is 9.63. The van der Waals surface area contributed by atoms with Gasteiger partial charge in [0.2, 0.25) is 5.43 Å². The van der Waals surface area contributed by atoms with Gasteiger partial charge >= 0.3 is 0 Å². The summed E-state index contributed by atoms with van der Waals surface area (Å²) in [7, 11) is 0. The maximum absolute atomic E-state index is 14.8. The summed E-state index contributed by atoms with van der Waals surface area (Å²) in [6.45, 7) is 5.63. The molecule has 1 aliphatic rings. The molecule has 0 spiro atoms. The van der Waals surface area contributed by atoms with Crippen LogP contribution in [-0.4, -0.2) is 56.5 Å². The highest BCUT2D eigenvalue weighted by atomic mass is 19.1. The van der Waals surface area contributed by atoms with Crippen molar-refractivity contribution in [3.05, 3.63) is 63.7 Å². The van der Waals surface area contributed by atoms with Gasteiger partial charge in [0.05, 0.1) is 17.6 Å². The third-order valence-corrected chi connectivity index (χ3v) is 6.21. The fourth-order valence-electron chi connectivity index (χ4n) is 4.48. The van der Waals surface area contributed by atoms with Crippen molar-refractivity contribution in [1.82, 2.24) is 14.9 Å². The van der Waals surface area contributed by atoms with Gasteiger partial charge in [-0.05, 0) is 32.4 Å². The summed E-state index contributed by atoms with van der Waals surface area (Å²) in [5.41, 5.74) is -2.60. The minimum Gasteiger partial charge on any atom is -0.389 e. The average molecular weight is 505 g/mol. The van der Waals surface area contributed by atoms with Crippen LogP contribution in [-0.2, 0) is 0 Å². The SMILES string of the molecule is CCCC(C)(C)NC(=O)c1cn(-c2c(F)cc(F)cc2F)c2nc(N3C[C@@H](O)[C@H](O)C3)ccc2c1=O. The van der Waals surface area contributed by atoms with Crippen molar-refractivity contribution in [2.75, 3.05) is 18.0 Å². The van der Waals surface area contributed by atoms with Crippen molar-refractivity contribution in [3.63, 3.8) is 0 Å². The minimum atomic E-state index is -1.26. The zero-order valence-corrected chi connectivity index (χ0v) is 20.1. The molecule has 0 aliphatic carbocycles. The lowest BCUT2D eigenvalue weighted by Crippen LogP contribution is -2.44. The molecular weight excluding hydrogens is 477 g/mol. The zero-order valence-electron chi connectivity index (χ0n) is 20.1. The Labute approximate surface area is 205 Å². The molecule has 1 fully saturated rings. The first-order valence-corrected chi connectivity index (χ1v) is 11.6. The van der Waals surface area contributed by atoms with Crippen LogP contribution in [0.1, 0.15) is 44.0 Å². The van der Waals surface area contributed by atoms with Crippen molar-refractivity contribution >= 4 is 22.8 Å². The fourth-order valence-corrected chi connectivity index (χ4v) is 4.48. The van der Waals surface area contributed by atoms with E-state index in [-0.39, 0.29) is 35.5 Å². The molecule has 36 heavy (non-hydrogen) atoms. The summed E-state index contributed by atoms with van der Waals surface area (Å²) in [6, 6.07) is 3.80. The van der Waals surface area contributed by atoms with Crippen LogP contribution in [0.15, 0.2) is 35.3 Å². The molecule has 3 N–H and O–H groups in total. The monoisotopic (exact) mass is 504 g/mol. The van der Waals surface area contributed by atoms with E-state index >= 15 is 0 Å². The molecule has 192 valence electrons. The molecule has 8 nitrogen and oxygen atoms in total. The van der Waals surface area contributed by atoms with E-state index in [2.05, 4.69) is 10.3 Å². The molecule has 1 aromatic carbocycles. The number of carbonyl (C=O) groups is 1. The fraction of sp³-hybridized carbons (Fsp3) is 0.400. The molecular formula is C25H27F3N4O4. The first-order chi connectivity index (χ1) is 16.9. The first-order valence-electron chi connectivity index (χ1n) is 11.6. The molecule has 1 amide bonds. The Hall–Kier alpha value is -3.44. The molecule has 0 saturated carbocycles. The van der Waals surface area contributed by atoms with Crippen LogP contribution >= 0.6 is 0 Å². The Morgan fingerprint density at radius 1 is 1.14 bits per heavy atom. The van der Waals surface area contributed by atoms with Crippen LogP contribution < -0.4 is 15.6 Å². The number of nitrogens with one attached hydrogen (secondary N) is 1. The summed E-state index contributed by atoms with van der Waals surface area (Å²) >= 11 is 0. The second kappa shape index (κ2) is 9.55. The number of anilines is 1. The van der Waals surface area contributed by atoms with E-state index in [0.717, 1.165) is 17.2 Å². The lowest BCUT2D eigenvalue weighted by Gasteiger charge is -2.26. The second-order valence-corrected chi connectivity index (χ2v) is 9.63. The Bertz CT molecular complexity index is 1360. The number of aliphatic hydroxyl groups excluding tert-OH is 2. The van der Waals surface area contributed by atoms with E-state index in [9.17, 15) is 33.0 Å². The van der Waals surface area contributed by atoms with Crippen LogP contribution in [0.5, 0.6) is 0 Å². The van der Waals surface area contributed by atoms with Crippen molar-refractivity contribution in [2.24, 2.45) is 0 Å². The van der Waals surface area contributed by atoms with Gasteiger partial charge in [0, 0.05) is 37.0 Å². The van der Waals surface area contributed by atoms with Gasteiger partial charge in [-0.3, -0.25) is 14.2 Å². The number of amides is 1. The predicted molar refractivity (Wildman–Crippen MR) is 128 cm³/mol. The van der Waals surface area contributed by atoms with Crippen LogP contribution in [0.2, 0.25) is 0 Å². The normalized spacial score (nSPS) is 18.2. The van der Waals surface area contributed by atoms with Gasteiger partial charge in [-0.25, -0.2) is 18.2 Å². The first kappa shape index (κ1) is 25.6. The van der Waals surface area contributed by atoms with E-state index in [1.54, 1.807) is 18.7 Å². The zero-order chi connectivity index (χ0) is 26.4. The summed E-state index contributed by atoms with van der Waals surface area (Å²) < 4.78 is 44.2. The van der Waals surface area contributed by atoms with Gasteiger partial charge < -0.3 is 20.4 Å². The summed E-state index contributed by atoms with van der Waals surface area (Å²) in [4.78, 5) is 32.3. The van der Waals surface area contributed by atoms with E-state index < -0.39 is 52.2 Å². The van der Waals surface area contributed by atoms with Crippen molar-refractivity contribution in [2.45, 2.75) is 51.4 Å². The third-order valence-electron chi connectivity index (χ3n) is 6.21. The Morgan fingerprint density at radius 3 is 2.33 bits per heavy atom. The van der Waals surface area contributed by atoms with E-state index in [1.807, 2.05) is 6.92 Å². The molecule has 3 aromatic rings. The number of carbonyl (C=O) groups excluding carboxylic acids is 1. The van der Waals surface area contributed by atoms with E-state index in [1.165, 1.54) is 12.1 Å².